The van der Waals surface area contributed by atoms with E-state index in [-0.39, 0.29) is 17.9 Å². The standard InChI is InChI=1S/C13H18N2O/c1-3-10(2)15-13(16)12(9-14)11-7-5-4-6-8-11/h3-8,10,12H,1,9,14H2,2H3,(H,15,16). The third-order valence-electron chi connectivity index (χ3n) is 2.48. The van der Waals surface area contributed by atoms with E-state index in [0.717, 1.165) is 5.56 Å². The van der Waals surface area contributed by atoms with Crippen LogP contribution in [0.4, 0.5) is 0 Å². The minimum absolute atomic E-state index is 0.0368. The van der Waals surface area contributed by atoms with Crippen molar-refractivity contribution in [2.75, 3.05) is 6.54 Å². The third kappa shape index (κ3) is 3.21. The molecule has 3 heteroatoms. The second-order valence-corrected chi connectivity index (χ2v) is 3.73. The molecule has 0 bridgehead atoms. The van der Waals surface area contributed by atoms with Gasteiger partial charge in [0, 0.05) is 12.6 Å². The Bertz CT molecular complexity index is 348. The Morgan fingerprint density at radius 1 is 1.50 bits per heavy atom. The molecule has 3 N–H and O–H groups in total. The number of amides is 1. The Balaban J connectivity index is 2.75. The van der Waals surface area contributed by atoms with Crippen molar-refractivity contribution < 1.29 is 4.79 Å². The van der Waals surface area contributed by atoms with Crippen molar-refractivity contribution in [1.82, 2.24) is 5.32 Å². The van der Waals surface area contributed by atoms with Crippen LogP contribution in [0.3, 0.4) is 0 Å². The van der Waals surface area contributed by atoms with Gasteiger partial charge in [-0.3, -0.25) is 4.79 Å². The highest BCUT2D eigenvalue weighted by Crippen LogP contribution is 2.14. The molecule has 0 spiro atoms. The monoisotopic (exact) mass is 218 g/mol. The number of carbonyl (C=O) groups excluding carboxylic acids is 1. The van der Waals surface area contributed by atoms with Crippen LogP contribution in [-0.4, -0.2) is 18.5 Å². The summed E-state index contributed by atoms with van der Waals surface area (Å²) < 4.78 is 0. The smallest absolute Gasteiger partial charge is 0.229 e. The van der Waals surface area contributed by atoms with E-state index in [1.54, 1.807) is 6.08 Å². The van der Waals surface area contributed by atoms with Crippen LogP contribution in [-0.2, 0) is 4.79 Å². The van der Waals surface area contributed by atoms with Crippen molar-refractivity contribution in [2.24, 2.45) is 5.73 Å². The van der Waals surface area contributed by atoms with Gasteiger partial charge in [-0.25, -0.2) is 0 Å². The van der Waals surface area contributed by atoms with Crippen molar-refractivity contribution in [3.63, 3.8) is 0 Å². The number of nitrogens with one attached hydrogen (secondary N) is 1. The van der Waals surface area contributed by atoms with E-state index in [1.807, 2.05) is 37.3 Å². The first-order chi connectivity index (χ1) is 7.69. The first-order valence-electron chi connectivity index (χ1n) is 5.37. The number of benzene rings is 1. The number of carbonyl (C=O) groups is 1. The fraction of sp³-hybridized carbons (Fsp3) is 0.308. The molecule has 86 valence electrons. The zero-order chi connectivity index (χ0) is 12.0. The largest absolute Gasteiger partial charge is 0.350 e. The lowest BCUT2D eigenvalue weighted by Gasteiger charge is -2.17. The molecule has 0 heterocycles. The van der Waals surface area contributed by atoms with Crippen LogP contribution < -0.4 is 11.1 Å². The molecule has 3 nitrogen and oxygen atoms in total. The van der Waals surface area contributed by atoms with Crippen molar-refractivity contribution >= 4 is 5.91 Å². The summed E-state index contributed by atoms with van der Waals surface area (Å²) in [5.74, 6) is -0.343. The van der Waals surface area contributed by atoms with Crippen LogP contribution in [0.25, 0.3) is 0 Å². The summed E-state index contributed by atoms with van der Waals surface area (Å²) in [6.07, 6.45) is 1.69. The molecule has 2 atom stereocenters. The van der Waals surface area contributed by atoms with Gasteiger partial charge < -0.3 is 11.1 Å². The summed E-state index contributed by atoms with van der Waals surface area (Å²) >= 11 is 0. The molecular formula is C13H18N2O. The molecule has 0 aliphatic heterocycles. The maximum absolute atomic E-state index is 11.9. The Kier molecular flexibility index (Phi) is 4.73. The lowest BCUT2D eigenvalue weighted by Crippen LogP contribution is -2.37. The Hall–Kier alpha value is -1.61. The molecule has 0 fully saturated rings. The van der Waals surface area contributed by atoms with Gasteiger partial charge in [-0.15, -0.1) is 6.58 Å². The molecule has 0 saturated heterocycles. The average molecular weight is 218 g/mol. The predicted molar refractivity (Wildman–Crippen MR) is 66.0 cm³/mol. The minimum Gasteiger partial charge on any atom is -0.350 e. The number of nitrogens with two attached hydrogens (primary N) is 1. The number of rotatable bonds is 5. The van der Waals surface area contributed by atoms with Crippen molar-refractivity contribution in [3.05, 3.63) is 48.6 Å². The van der Waals surface area contributed by atoms with Crippen LogP contribution in [0.1, 0.15) is 18.4 Å². The van der Waals surface area contributed by atoms with Crippen LogP contribution >= 0.6 is 0 Å². The van der Waals surface area contributed by atoms with Crippen LogP contribution in [0.2, 0.25) is 0 Å². The number of hydrogen-bond donors (Lipinski definition) is 2. The van der Waals surface area contributed by atoms with Crippen LogP contribution in [0.5, 0.6) is 0 Å². The fourth-order valence-electron chi connectivity index (χ4n) is 1.46. The van der Waals surface area contributed by atoms with Crippen molar-refractivity contribution in [1.29, 1.82) is 0 Å². The van der Waals surface area contributed by atoms with Gasteiger partial charge in [0.25, 0.3) is 0 Å². The summed E-state index contributed by atoms with van der Waals surface area (Å²) in [5, 5.41) is 2.84. The van der Waals surface area contributed by atoms with E-state index in [9.17, 15) is 4.79 Å². The Morgan fingerprint density at radius 3 is 2.62 bits per heavy atom. The molecular weight excluding hydrogens is 200 g/mol. The fourth-order valence-corrected chi connectivity index (χ4v) is 1.46. The molecule has 1 aromatic carbocycles. The predicted octanol–water partition coefficient (Wildman–Crippen LogP) is 1.42. The molecule has 16 heavy (non-hydrogen) atoms. The molecule has 0 saturated carbocycles. The van der Waals surface area contributed by atoms with Gasteiger partial charge in [-0.1, -0.05) is 36.4 Å². The summed E-state index contributed by atoms with van der Waals surface area (Å²) in [6.45, 7) is 5.81. The van der Waals surface area contributed by atoms with E-state index in [1.165, 1.54) is 0 Å². The third-order valence-corrected chi connectivity index (χ3v) is 2.48. The maximum Gasteiger partial charge on any atom is 0.229 e. The van der Waals surface area contributed by atoms with Gasteiger partial charge in [0.2, 0.25) is 5.91 Å². The molecule has 1 rings (SSSR count). The van der Waals surface area contributed by atoms with Crippen molar-refractivity contribution in [2.45, 2.75) is 18.9 Å². The zero-order valence-electron chi connectivity index (χ0n) is 9.52. The highest BCUT2D eigenvalue weighted by atomic mass is 16.1. The Labute approximate surface area is 96.3 Å². The highest BCUT2D eigenvalue weighted by Gasteiger charge is 2.19. The molecule has 0 aliphatic rings. The second-order valence-electron chi connectivity index (χ2n) is 3.73. The lowest BCUT2D eigenvalue weighted by molar-refractivity contribution is -0.122. The summed E-state index contributed by atoms with van der Waals surface area (Å²) in [5.41, 5.74) is 6.58. The average Bonchev–Trinajstić information content (AvgIpc) is 2.31. The summed E-state index contributed by atoms with van der Waals surface area (Å²) in [6, 6.07) is 9.52. The molecule has 1 amide bonds. The molecule has 0 aromatic heterocycles. The summed E-state index contributed by atoms with van der Waals surface area (Å²) in [7, 11) is 0. The summed E-state index contributed by atoms with van der Waals surface area (Å²) in [4.78, 5) is 11.9. The molecule has 0 radical (unpaired) electrons. The maximum atomic E-state index is 11.9. The van der Waals surface area contributed by atoms with Gasteiger partial charge in [0.05, 0.1) is 5.92 Å². The van der Waals surface area contributed by atoms with E-state index in [4.69, 9.17) is 5.73 Å². The Morgan fingerprint density at radius 2 is 2.12 bits per heavy atom. The van der Waals surface area contributed by atoms with E-state index in [0.29, 0.717) is 6.54 Å². The lowest BCUT2D eigenvalue weighted by atomic mass is 9.98. The molecule has 2 unspecified atom stereocenters. The number of hydrogen-bond acceptors (Lipinski definition) is 2. The second kappa shape index (κ2) is 6.08. The van der Waals surface area contributed by atoms with Gasteiger partial charge in [-0.05, 0) is 12.5 Å². The van der Waals surface area contributed by atoms with E-state index >= 15 is 0 Å². The first-order valence-corrected chi connectivity index (χ1v) is 5.37. The topological polar surface area (TPSA) is 55.1 Å². The van der Waals surface area contributed by atoms with Gasteiger partial charge in [-0.2, -0.15) is 0 Å². The van der Waals surface area contributed by atoms with Crippen LogP contribution in [0.15, 0.2) is 43.0 Å². The normalized spacial score (nSPS) is 13.9. The van der Waals surface area contributed by atoms with E-state index < -0.39 is 0 Å². The van der Waals surface area contributed by atoms with Crippen molar-refractivity contribution in [3.8, 4) is 0 Å². The molecule has 0 aliphatic carbocycles. The SMILES string of the molecule is C=CC(C)NC(=O)C(CN)c1ccccc1. The van der Waals surface area contributed by atoms with Gasteiger partial charge in [0.15, 0.2) is 0 Å². The highest BCUT2D eigenvalue weighted by molar-refractivity contribution is 5.84. The first kappa shape index (κ1) is 12.5. The van der Waals surface area contributed by atoms with E-state index in [2.05, 4.69) is 11.9 Å². The molecule has 1 aromatic rings. The van der Waals surface area contributed by atoms with Gasteiger partial charge >= 0.3 is 0 Å². The minimum atomic E-state index is -0.288. The van der Waals surface area contributed by atoms with Crippen LogP contribution in [0, 0.1) is 0 Å². The zero-order valence-corrected chi connectivity index (χ0v) is 9.52. The quantitative estimate of drug-likeness (QED) is 0.734. The van der Waals surface area contributed by atoms with Gasteiger partial charge in [0.1, 0.15) is 0 Å².